The summed E-state index contributed by atoms with van der Waals surface area (Å²) in [5.74, 6) is 0.407. The van der Waals surface area contributed by atoms with Gasteiger partial charge in [0.2, 0.25) is 6.41 Å². The normalized spacial score (nSPS) is 9.00. The first kappa shape index (κ1) is 5.74. The summed E-state index contributed by atoms with van der Waals surface area (Å²) in [6.45, 7) is 0. The fourth-order valence-electron chi connectivity index (χ4n) is 0.367. The van der Waals surface area contributed by atoms with Crippen LogP contribution in [0.25, 0.3) is 0 Å². The smallest absolute Gasteiger partial charge is 0.215 e. The predicted molar refractivity (Wildman–Crippen MR) is 28.8 cm³/mol. The van der Waals surface area contributed by atoms with E-state index in [0.717, 1.165) is 0 Å². The largest absolute Gasteiger partial charge is 0.343 e. The van der Waals surface area contributed by atoms with Crippen molar-refractivity contribution in [3.05, 3.63) is 6.26 Å². The van der Waals surface area contributed by atoms with E-state index >= 15 is 0 Å². The van der Waals surface area contributed by atoms with E-state index in [1.807, 2.05) is 0 Å². The molecule has 0 spiro atoms. The van der Waals surface area contributed by atoms with Gasteiger partial charge in [-0.15, -0.1) is 0 Å². The van der Waals surface area contributed by atoms with Crippen molar-refractivity contribution < 1.29 is 9.32 Å². The molecule has 0 unspecified atom stereocenters. The Bertz CT molecular complexity index is 184. The van der Waals surface area contributed by atoms with Crippen LogP contribution in [-0.4, -0.2) is 23.8 Å². The van der Waals surface area contributed by atoms with Crippen molar-refractivity contribution in [2.24, 2.45) is 0 Å². The van der Waals surface area contributed by atoms with Crippen LogP contribution in [0.5, 0.6) is 0 Å². The predicted octanol–water partition coefficient (Wildman–Crippen LogP) is -0.338. The maximum atomic E-state index is 10.0. The molecule has 0 bridgehead atoms. The van der Waals surface area contributed by atoms with E-state index in [-0.39, 0.29) is 0 Å². The van der Waals surface area contributed by atoms with Gasteiger partial charge < -0.3 is 4.52 Å². The monoisotopic (exact) mass is 127 g/mol. The molecule has 0 saturated heterocycles. The number of hydrogen-bond acceptors (Lipinski definition) is 4. The molecule has 0 aliphatic heterocycles. The number of carbonyl (C=O) groups excluding carboxylic acids is 1. The maximum absolute atomic E-state index is 10.0. The van der Waals surface area contributed by atoms with Crippen LogP contribution in [-0.2, 0) is 4.79 Å². The molecule has 1 aromatic rings. The Morgan fingerprint density at radius 2 is 2.67 bits per heavy atom. The number of aromatic nitrogens is 2. The lowest BCUT2D eigenvalue weighted by atomic mass is 10.7. The molecule has 1 heterocycles. The van der Waals surface area contributed by atoms with Gasteiger partial charge in [-0.1, -0.05) is 5.10 Å². The van der Waals surface area contributed by atoms with E-state index in [4.69, 9.17) is 0 Å². The van der Waals surface area contributed by atoms with Crippen LogP contribution in [0.15, 0.2) is 10.8 Å². The fraction of sp³-hybridized carbons (Fsp3) is 0.250. The summed E-state index contributed by atoms with van der Waals surface area (Å²) in [6.07, 6.45) is 1.91. The van der Waals surface area contributed by atoms with Crippen molar-refractivity contribution in [3.63, 3.8) is 0 Å². The highest BCUT2D eigenvalue weighted by Crippen LogP contribution is 2.01. The van der Waals surface area contributed by atoms with Gasteiger partial charge in [0.1, 0.15) is 0 Å². The minimum Gasteiger partial charge on any atom is -0.343 e. The van der Waals surface area contributed by atoms with Gasteiger partial charge in [0.25, 0.3) is 0 Å². The molecular weight excluding hydrogens is 122 g/mol. The Balaban J connectivity index is 2.76. The lowest BCUT2D eigenvalue weighted by Gasteiger charge is -2.00. The zero-order valence-electron chi connectivity index (χ0n) is 4.81. The van der Waals surface area contributed by atoms with Crippen molar-refractivity contribution >= 4 is 12.2 Å². The molecule has 0 N–H and O–H groups in total. The molecule has 5 nitrogen and oxygen atoms in total. The van der Waals surface area contributed by atoms with Crippen molar-refractivity contribution in [1.29, 1.82) is 0 Å². The van der Waals surface area contributed by atoms with Gasteiger partial charge in [-0.05, 0) is 0 Å². The molecule has 48 valence electrons. The average Bonchev–Trinajstić information content (AvgIpc) is 2.37. The minimum absolute atomic E-state index is 0.407. The zero-order chi connectivity index (χ0) is 6.69. The van der Waals surface area contributed by atoms with E-state index < -0.39 is 0 Å². The van der Waals surface area contributed by atoms with Crippen molar-refractivity contribution in [2.45, 2.75) is 0 Å². The van der Waals surface area contributed by atoms with Crippen LogP contribution in [0, 0.1) is 0 Å². The van der Waals surface area contributed by atoms with Gasteiger partial charge in [0, 0.05) is 12.3 Å². The lowest BCUT2D eigenvalue weighted by Crippen LogP contribution is -2.13. The number of nitrogens with zero attached hydrogens (tertiary/aromatic N) is 3. The fourth-order valence-corrected chi connectivity index (χ4v) is 0.367. The maximum Gasteiger partial charge on any atom is 0.215 e. The molecule has 1 amide bonds. The highest BCUT2D eigenvalue weighted by molar-refractivity contribution is 5.70. The van der Waals surface area contributed by atoms with Gasteiger partial charge in [-0.3, -0.25) is 9.69 Å². The summed E-state index contributed by atoms with van der Waals surface area (Å²) in [7, 11) is 1.56. The van der Waals surface area contributed by atoms with E-state index in [1.165, 1.54) is 11.2 Å². The van der Waals surface area contributed by atoms with Crippen molar-refractivity contribution in [1.82, 2.24) is 10.4 Å². The standard InChI is InChI=1S/C4H5N3O2/c1-7(3-8)4-2-9-6-5-4/h2-3H,1H3. The van der Waals surface area contributed by atoms with Gasteiger partial charge in [0.15, 0.2) is 12.1 Å². The molecule has 0 fully saturated rings. The number of amides is 1. The SMILES string of the molecule is CN(C=O)c1conn1. The first-order chi connectivity index (χ1) is 4.34. The van der Waals surface area contributed by atoms with Crippen LogP contribution in [0.4, 0.5) is 5.82 Å². The highest BCUT2D eigenvalue weighted by Gasteiger charge is 2.00. The van der Waals surface area contributed by atoms with Crippen LogP contribution in [0.3, 0.4) is 0 Å². The van der Waals surface area contributed by atoms with Crippen LogP contribution >= 0.6 is 0 Å². The van der Waals surface area contributed by atoms with Crippen LogP contribution in [0.2, 0.25) is 0 Å². The third-order valence-corrected chi connectivity index (χ3v) is 0.868. The Morgan fingerprint density at radius 1 is 1.89 bits per heavy atom. The quantitative estimate of drug-likeness (QED) is 0.510. The van der Waals surface area contributed by atoms with Crippen molar-refractivity contribution in [3.8, 4) is 0 Å². The van der Waals surface area contributed by atoms with E-state index in [2.05, 4.69) is 14.9 Å². The number of anilines is 1. The Morgan fingerprint density at radius 3 is 3.11 bits per heavy atom. The summed E-state index contributed by atoms with van der Waals surface area (Å²) in [4.78, 5) is 11.3. The molecule has 1 aromatic heterocycles. The topological polar surface area (TPSA) is 59.2 Å². The molecule has 0 aliphatic carbocycles. The van der Waals surface area contributed by atoms with Crippen LogP contribution < -0.4 is 4.90 Å². The minimum atomic E-state index is 0.407. The van der Waals surface area contributed by atoms with E-state index in [1.54, 1.807) is 7.05 Å². The summed E-state index contributed by atoms with van der Waals surface area (Å²) in [6, 6.07) is 0. The number of hydrogen-bond donors (Lipinski definition) is 0. The summed E-state index contributed by atoms with van der Waals surface area (Å²) in [5, 5.41) is 6.63. The molecule has 1 rings (SSSR count). The van der Waals surface area contributed by atoms with Crippen molar-refractivity contribution in [2.75, 3.05) is 11.9 Å². The summed E-state index contributed by atoms with van der Waals surface area (Å²) < 4.78 is 4.38. The molecule has 0 saturated carbocycles. The first-order valence-corrected chi connectivity index (χ1v) is 2.30. The first-order valence-electron chi connectivity index (χ1n) is 2.30. The lowest BCUT2D eigenvalue weighted by molar-refractivity contribution is -0.107. The molecule has 0 radical (unpaired) electrons. The second kappa shape index (κ2) is 2.25. The molecular formula is C4H5N3O2. The molecule has 5 heteroatoms. The molecule has 0 aromatic carbocycles. The Hall–Kier alpha value is -1.39. The highest BCUT2D eigenvalue weighted by atomic mass is 16.5. The molecule has 0 aliphatic rings. The third-order valence-electron chi connectivity index (χ3n) is 0.868. The number of carbonyl (C=O) groups is 1. The second-order valence-electron chi connectivity index (χ2n) is 1.48. The third kappa shape index (κ3) is 1.04. The zero-order valence-corrected chi connectivity index (χ0v) is 4.81. The molecule has 0 atom stereocenters. The van der Waals surface area contributed by atoms with E-state index in [9.17, 15) is 4.79 Å². The second-order valence-corrected chi connectivity index (χ2v) is 1.48. The average molecular weight is 127 g/mol. The summed E-state index contributed by atoms with van der Waals surface area (Å²) in [5.41, 5.74) is 0. The van der Waals surface area contributed by atoms with Gasteiger partial charge in [0.05, 0.1) is 0 Å². The summed E-state index contributed by atoms with van der Waals surface area (Å²) >= 11 is 0. The molecule has 9 heavy (non-hydrogen) atoms. The Kier molecular flexibility index (Phi) is 1.44. The van der Waals surface area contributed by atoms with Gasteiger partial charge >= 0.3 is 0 Å². The van der Waals surface area contributed by atoms with Gasteiger partial charge in [-0.25, -0.2) is 0 Å². The number of rotatable bonds is 2. The Labute approximate surface area is 51.2 Å². The van der Waals surface area contributed by atoms with E-state index in [0.29, 0.717) is 12.2 Å². The van der Waals surface area contributed by atoms with Gasteiger partial charge in [-0.2, -0.15) is 0 Å². The van der Waals surface area contributed by atoms with Crippen LogP contribution in [0.1, 0.15) is 0 Å².